The summed E-state index contributed by atoms with van der Waals surface area (Å²) in [4.78, 5) is 5.70. The van der Waals surface area contributed by atoms with Crippen molar-refractivity contribution in [2.24, 2.45) is 11.1 Å². The van der Waals surface area contributed by atoms with Gasteiger partial charge in [0, 0.05) is 5.92 Å². The zero-order chi connectivity index (χ0) is 18.9. The molecule has 1 heterocycles. The van der Waals surface area contributed by atoms with Gasteiger partial charge in [-0.15, -0.1) is 0 Å². The molecule has 0 radical (unpaired) electrons. The molecule has 1 aromatic rings. The molecule has 0 atom stereocenters. The van der Waals surface area contributed by atoms with Crippen molar-refractivity contribution in [2.75, 3.05) is 13.1 Å². The van der Waals surface area contributed by atoms with Gasteiger partial charge in [0.25, 0.3) is 0 Å². The Morgan fingerprint density at radius 1 is 1.08 bits per heavy atom. The van der Waals surface area contributed by atoms with Crippen LogP contribution in [0.3, 0.4) is 0 Å². The van der Waals surface area contributed by atoms with Crippen LogP contribution >= 0.6 is 0 Å². The summed E-state index contributed by atoms with van der Waals surface area (Å²) in [5.74, 6) is 1.21. The highest BCUT2D eigenvalue weighted by Crippen LogP contribution is 2.45. The average Bonchev–Trinajstić information content (AvgIpc) is 2.63. The van der Waals surface area contributed by atoms with E-state index >= 15 is 0 Å². The second kappa shape index (κ2) is 7.19. The standard InChI is InChI=1S/C23H34N2O/c1-16(25-26-17(2)18-9-13-24-14-10-18)19-7-8-20-21(15-19)23(5,6)12-11-22(20,3)4/h7-8,15,18,24H,2,9-14H2,1,3-6H3/b25-16+. The Morgan fingerprint density at radius 2 is 1.69 bits per heavy atom. The van der Waals surface area contributed by atoms with Crippen LogP contribution in [0.4, 0.5) is 0 Å². The number of nitrogens with one attached hydrogen (secondary N) is 1. The second-order valence-corrected chi connectivity index (χ2v) is 9.29. The zero-order valence-corrected chi connectivity index (χ0v) is 17.1. The Morgan fingerprint density at radius 3 is 2.35 bits per heavy atom. The second-order valence-electron chi connectivity index (χ2n) is 9.29. The van der Waals surface area contributed by atoms with Crippen LogP contribution in [-0.4, -0.2) is 18.8 Å². The molecule has 3 nitrogen and oxygen atoms in total. The van der Waals surface area contributed by atoms with E-state index in [0.29, 0.717) is 5.92 Å². The lowest BCUT2D eigenvalue weighted by Gasteiger charge is -2.42. The minimum Gasteiger partial charge on any atom is -0.362 e. The monoisotopic (exact) mass is 354 g/mol. The highest BCUT2D eigenvalue weighted by molar-refractivity contribution is 5.98. The molecule has 142 valence electrons. The topological polar surface area (TPSA) is 33.6 Å². The first-order valence-electron chi connectivity index (χ1n) is 9.97. The van der Waals surface area contributed by atoms with Crippen LogP contribution in [-0.2, 0) is 15.7 Å². The van der Waals surface area contributed by atoms with Gasteiger partial charge in [-0.3, -0.25) is 0 Å². The van der Waals surface area contributed by atoms with Gasteiger partial charge in [-0.1, -0.05) is 51.6 Å². The highest BCUT2D eigenvalue weighted by Gasteiger charge is 2.37. The molecule has 2 aliphatic rings. The third kappa shape index (κ3) is 3.88. The van der Waals surface area contributed by atoms with E-state index in [0.717, 1.165) is 43.0 Å². The van der Waals surface area contributed by atoms with Gasteiger partial charge in [-0.05, 0) is 79.3 Å². The Hall–Kier alpha value is -1.61. The van der Waals surface area contributed by atoms with Gasteiger partial charge < -0.3 is 10.2 Å². The maximum absolute atomic E-state index is 5.70. The van der Waals surface area contributed by atoms with Crippen molar-refractivity contribution in [1.29, 1.82) is 0 Å². The van der Waals surface area contributed by atoms with Gasteiger partial charge in [-0.2, -0.15) is 0 Å². The quantitative estimate of drug-likeness (QED) is 0.453. The third-order valence-corrected chi connectivity index (χ3v) is 6.36. The van der Waals surface area contributed by atoms with Gasteiger partial charge in [0.05, 0.1) is 5.71 Å². The van der Waals surface area contributed by atoms with E-state index < -0.39 is 0 Å². The minimum absolute atomic E-state index is 0.209. The average molecular weight is 355 g/mol. The number of allylic oxidation sites excluding steroid dienone is 1. The lowest BCUT2D eigenvalue weighted by molar-refractivity contribution is 0.175. The molecule has 1 fully saturated rings. The molecule has 3 heteroatoms. The molecule has 1 saturated heterocycles. The first-order valence-corrected chi connectivity index (χ1v) is 9.97. The van der Waals surface area contributed by atoms with E-state index in [1.54, 1.807) is 0 Å². The van der Waals surface area contributed by atoms with Gasteiger partial charge in [0.2, 0.25) is 0 Å². The van der Waals surface area contributed by atoms with Crippen LogP contribution in [0.1, 0.15) is 77.0 Å². The van der Waals surface area contributed by atoms with Gasteiger partial charge in [0.15, 0.2) is 0 Å². The number of oxime groups is 1. The van der Waals surface area contributed by atoms with E-state index in [2.05, 4.69) is 62.9 Å². The van der Waals surface area contributed by atoms with Crippen molar-refractivity contribution in [3.63, 3.8) is 0 Å². The van der Waals surface area contributed by atoms with Crippen molar-refractivity contribution in [2.45, 2.75) is 71.1 Å². The molecule has 0 saturated carbocycles. The first kappa shape index (κ1) is 19.2. The Balaban J connectivity index is 1.80. The fourth-order valence-corrected chi connectivity index (χ4v) is 4.21. The summed E-state index contributed by atoms with van der Waals surface area (Å²) >= 11 is 0. The Labute approximate surface area is 158 Å². The molecule has 1 aliphatic heterocycles. The van der Waals surface area contributed by atoms with E-state index in [1.165, 1.54) is 24.0 Å². The zero-order valence-electron chi connectivity index (χ0n) is 17.1. The Kier molecular flexibility index (Phi) is 5.30. The van der Waals surface area contributed by atoms with Crippen LogP contribution in [0.15, 0.2) is 35.7 Å². The van der Waals surface area contributed by atoms with E-state index in [9.17, 15) is 0 Å². The molecule has 0 amide bonds. The molecule has 0 unspecified atom stereocenters. The SMILES string of the molecule is C=C(O/N=C(\C)c1ccc2c(c1)C(C)(C)CCC2(C)C)C1CCNCC1. The highest BCUT2D eigenvalue weighted by atomic mass is 16.6. The lowest BCUT2D eigenvalue weighted by atomic mass is 9.63. The smallest absolute Gasteiger partial charge is 0.131 e. The summed E-state index contributed by atoms with van der Waals surface area (Å²) in [6.07, 6.45) is 4.61. The van der Waals surface area contributed by atoms with Crippen LogP contribution in [0.25, 0.3) is 0 Å². The normalized spacial score (nSPS) is 22.6. The number of piperidine rings is 1. The van der Waals surface area contributed by atoms with Crippen molar-refractivity contribution in [3.05, 3.63) is 47.2 Å². The minimum atomic E-state index is 0.209. The fourth-order valence-electron chi connectivity index (χ4n) is 4.21. The molecular formula is C23H34N2O. The Bertz CT molecular complexity index is 709. The summed E-state index contributed by atoms with van der Waals surface area (Å²) in [6, 6.07) is 6.81. The molecule has 1 aromatic carbocycles. The van der Waals surface area contributed by atoms with Crippen molar-refractivity contribution in [1.82, 2.24) is 5.32 Å². The van der Waals surface area contributed by atoms with E-state index in [1.807, 2.05) is 6.92 Å². The number of hydrogen-bond donors (Lipinski definition) is 1. The fraction of sp³-hybridized carbons (Fsp3) is 0.609. The number of fused-ring (bicyclic) bond motifs is 1. The molecule has 3 rings (SSSR count). The number of hydrogen-bond acceptors (Lipinski definition) is 3. The van der Waals surface area contributed by atoms with Crippen LogP contribution in [0.5, 0.6) is 0 Å². The maximum atomic E-state index is 5.70. The molecule has 1 N–H and O–H groups in total. The molecule has 1 aliphatic carbocycles. The predicted octanol–water partition coefficient (Wildman–Crippen LogP) is 5.29. The van der Waals surface area contributed by atoms with Crippen molar-refractivity contribution in [3.8, 4) is 0 Å². The lowest BCUT2D eigenvalue weighted by Crippen LogP contribution is -2.34. The van der Waals surface area contributed by atoms with Crippen LogP contribution in [0.2, 0.25) is 0 Å². The van der Waals surface area contributed by atoms with Gasteiger partial charge >= 0.3 is 0 Å². The molecule has 0 spiro atoms. The number of benzene rings is 1. The number of nitrogens with zero attached hydrogens (tertiary/aromatic N) is 1. The third-order valence-electron chi connectivity index (χ3n) is 6.36. The van der Waals surface area contributed by atoms with E-state index in [4.69, 9.17) is 4.84 Å². The van der Waals surface area contributed by atoms with E-state index in [-0.39, 0.29) is 10.8 Å². The van der Waals surface area contributed by atoms with Crippen LogP contribution < -0.4 is 5.32 Å². The summed E-state index contributed by atoms with van der Waals surface area (Å²) in [5, 5.41) is 7.77. The van der Waals surface area contributed by atoms with Crippen molar-refractivity contribution < 1.29 is 4.84 Å². The summed E-state index contributed by atoms with van der Waals surface area (Å²) < 4.78 is 0. The van der Waals surface area contributed by atoms with Crippen LogP contribution in [0, 0.1) is 5.92 Å². The molecular weight excluding hydrogens is 320 g/mol. The van der Waals surface area contributed by atoms with Gasteiger partial charge in [0.1, 0.15) is 5.76 Å². The molecule has 0 aromatic heterocycles. The molecule has 0 bridgehead atoms. The maximum Gasteiger partial charge on any atom is 0.131 e. The summed E-state index contributed by atoms with van der Waals surface area (Å²) in [7, 11) is 0. The number of rotatable bonds is 4. The van der Waals surface area contributed by atoms with Crippen molar-refractivity contribution >= 4 is 5.71 Å². The summed E-state index contributed by atoms with van der Waals surface area (Å²) in [6.45, 7) is 17.6. The predicted molar refractivity (Wildman–Crippen MR) is 110 cm³/mol. The van der Waals surface area contributed by atoms with Gasteiger partial charge in [-0.25, -0.2) is 0 Å². The summed E-state index contributed by atoms with van der Waals surface area (Å²) in [5.41, 5.74) is 5.45. The molecule has 26 heavy (non-hydrogen) atoms. The first-order chi connectivity index (χ1) is 12.2. The largest absolute Gasteiger partial charge is 0.362 e.